The molecule has 0 aliphatic carbocycles. The number of halogens is 1. The minimum Gasteiger partial charge on any atom is -0.350 e. The van der Waals surface area contributed by atoms with Crippen molar-refractivity contribution in [1.82, 2.24) is 9.47 Å². The van der Waals surface area contributed by atoms with Crippen LogP contribution in [0.15, 0.2) is 60.8 Å². The number of para-hydroxylation sites is 1. The van der Waals surface area contributed by atoms with Gasteiger partial charge in [0.1, 0.15) is 0 Å². The summed E-state index contributed by atoms with van der Waals surface area (Å²) < 4.78 is 2.26. The average Bonchev–Trinajstić information content (AvgIpc) is 2.98. The standard InChI is InChI=1S/C22H26N2.ClH/c1-23-17-20(21-9-5-6-10-22(21)23)13-16-24-14-11-19(12-15-24)18-7-3-2-4-8-18;/h2-10,17,19H,11-16H2,1H3;1H. The van der Waals surface area contributed by atoms with Crippen molar-refractivity contribution in [3.05, 3.63) is 71.9 Å². The molecule has 0 atom stereocenters. The Morgan fingerprint density at radius 1 is 0.920 bits per heavy atom. The first kappa shape index (κ1) is 18.0. The highest BCUT2D eigenvalue weighted by molar-refractivity contribution is 5.85. The second-order valence-corrected chi connectivity index (χ2v) is 7.06. The maximum absolute atomic E-state index is 2.64. The van der Waals surface area contributed by atoms with E-state index < -0.39 is 0 Å². The molecule has 132 valence electrons. The first-order valence-corrected chi connectivity index (χ1v) is 9.11. The first-order chi connectivity index (χ1) is 11.8. The van der Waals surface area contributed by atoms with Gasteiger partial charge >= 0.3 is 0 Å². The molecule has 3 heteroatoms. The van der Waals surface area contributed by atoms with Crippen LogP contribution in [0.1, 0.15) is 29.9 Å². The van der Waals surface area contributed by atoms with E-state index in [9.17, 15) is 0 Å². The second-order valence-electron chi connectivity index (χ2n) is 7.06. The molecule has 0 bridgehead atoms. The first-order valence-electron chi connectivity index (χ1n) is 9.11. The van der Waals surface area contributed by atoms with Gasteiger partial charge in [0.25, 0.3) is 0 Å². The summed E-state index contributed by atoms with van der Waals surface area (Å²) in [4.78, 5) is 2.64. The summed E-state index contributed by atoms with van der Waals surface area (Å²) in [6.45, 7) is 3.63. The highest BCUT2D eigenvalue weighted by Gasteiger charge is 2.20. The van der Waals surface area contributed by atoms with E-state index in [1.54, 1.807) is 0 Å². The predicted octanol–water partition coefficient (Wildman–Crippen LogP) is 5.02. The molecular formula is C22H27ClN2. The van der Waals surface area contributed by atoms with Gasteiger partial charge in [-0.25, -0.2) is 0 Å². The Kier molecular flexibility index (Phi) is 5.82. The van der Waals surface area contributed by atoms with Crippen molar-refractivity contribution >= 4 is 23.3 Å². The molecule has 25 heavy (non-hydrogen) atoms. The predicted molar refractivity (Wildman–Crippen MR) is 109 cm³/mol. The number of fused-ring (bicyclic) bond motifs is 1. The van der Waals surface area contributed by atoms with Gasteiger partial charge in [0.15, 0.2) is 0 Å². The number of hydrogen-bond acceptors (Lipinski definition) is 1. The molecule has 2 aromatic carbocycles. The van der Waals surface area contributed by atoms with Crippen molar-refractivity contribution in [3.63, 3.8) is 0 Å². The van der Waals surface area contributed by atoms with Crippen LogP contribution in [0.25, 0.3) is 10.9 Å². The van der Waals surface area contributed by atoms with Gasteiger partial charge in [0.05, 0.1) is 0 Å². The van der Waals surface area contributed by atoms with Gasteiger partial charge in [-0.3, -0.25) is 0 Å². The summed E-state index contributed by atoms with van der Waals surface area (Å²) in [7, 11) is 2.15. The SMILES string of the molecule is Cl.Cn1cc(CCN2CCC(c3ccccc3)CC2)c2ccccc21. The number of hydrogen-bond donors (Lipinski definition) is 0. The lowest BCUT2D eigenvalue weighted by Crippen LogP contribution is -2.34. The van der Waals surface area contributed by atoms with Crippen molar-refractivity contribution < 1.29 is 0 Å². The zero-order valence-electron chi connectivity index (χ0n) is 14.9. The summed E-state index contributed by atoms with van der Waals surface area (Å²) in [5, 5.41) is 1.42. The molecule has 0 N–H and O–H groups in total. The molecule has 1 aromatic heterocycles. The Hall–Kier alpha value is -1.77. The van der Waals surface area contributed by atoms with E-state index in [4.69, 9.17) is 0 Å². The van der Waals surface area contributed by atoms with Crippen LogP contribution in [0, 0.1) is 0 Å². The van der Waals surface area contributed by atoms with Crippen molar-refractivity contribution in [3.8, 4) is 0 Å². The van der Waals surface area contributed by atoms with Crippen LogP contribution in [-0.2, 0) is 13.5 Å². The summed E-state index contributed by atoms with van der Waals surface area (Å²) >= 11 is 0. The lowest BCUT2D eigenvalue weighted by atomic mass is 9.89. The molecule has 1 aliphatic heterocycles. The second kappa shape index (κ2) is 8.07. The van der Waals surface area contributed by atoms with Gasteiger partial charge in [0.2, 0.25) is 0 Å². The van der Waals surface area contributed by atoms with Crippen LogP contribution in [0.3, 0.4) is 0 Å². The number of nitrogens with zero attached hydrogens (tertiary/aromatic N) is 2. The highest BCUT2D eigenvalue weighted by Crippen LogP contribution is 2.28. The minimum atomic E-state index is 0. The van der Waals surface area contributed by atoms with E-state index >= 15 is 0 Å². The fraction of sp³-hybridized carbons (Fsp3) is 0.364. The maximum atomic E-state index is 2.64. The molecule has 3 aromatic rings. The van der Waals surface area contributed by atoms with E-state index in [1.165, 1.54) is 54.5 Å². The average molecular weight is 355 g/mol. The molecule has 1 fully saturated rings. The van der Waals surface area contributed by atoms with Gasteiger partial charge in [0, 0.05) is 30.7 Å². The number of likely N-dealkylation sites (tertiary alicyclic amines) is 1. The molecule has 1 aliphatic rings. The van der Waals surface area contributed by atoms with Gasteiger partial charge in [-0.05, 0) is 55.5 Å². The van der Waals surface area contributed by atoms with Crippen molar-refractivity contribution in [1.29, 1.82) is 0 Å². The van der Waals surface area contributed by atoms with Gasteiger partial charge in [-0.2, -0.15) is 0 Å². The van der Waals surface area contributed by atoms with Gasteiger partial charge in [-0.15, -0.1) is 12.4 Å². The smallest absolute Gasteiger partial charge is 0.0480 e. The van der Waals surface area contributed by atoms with Crippen LogP contribution in [0.2, 0.25) is 0 Å². The van der Waals surface area contributed by atoms with E-state index in [1.807, 2.05) is 0 Å². The highest BCUT2D eigenvalue weighted by atomic mass is 35.5. The molecule has 0 radical (unpaired) electrons. The van der Waals surface area contributed by atoms with Crippen LogP contribution < -0.4 is 0 Å². The van der Waals surface area contributed by atoms with Crippen molar-refractivity contribution in [2.24, 2.45) is 7.05 Å². The number of benzene rings is 2. The Balaban J connectivity index is 0.00000182. The largest absolute Gasteiger partial charge is 0.350 e. The Labute approximate surface area is 156 Å². The summed E-state index contributed by atoms with van der Waals surface area (Å²) in [5.74, 6) is 0.750. The zero-order chi connectivity index (χ0) is 16.4. The Morgan fingerprint density at radius 2 is 1.60 bits per heavy atom. The van der Waals surface area contributed by atoms with E-state index in [0.717, 1.165) is 12.3 Å². The van der Waals surface area contributed by atoms with Crippen LogP contribution in [0.5, 0.6) is 0 Å². The number of rotatable bonds is 4. The third kappa shape index (κ3) is 3.91. The van der Waals surface area contributed by atoms with Gasteiger partial charge in [-0.1, -0.05) is 48.5 Å². The van der Waals surface area contributed by atoms with Crippen LogP contribution in [-0.4, -0.2) is 29.1 Å². The van der Waals surface area contributed by atoms with E-state index in [0.29, 0.717) is 0 Å². The fourth-order valence-corrected chi connectivity index (χ4v) is 4.12. The topological polar surface area (TPSA) is 8.17 Å². The maximum Gasteiger partial charge on any atom is 0.0480 e. The molecule has 4 rings (SSSR count). The monoisotopic (exact) mass is 354 g/mol. The fourth-order valence-electron chi connectivity index (χ4n) is 4.12. The van der Waals surface area contributed by atoms with Crippen molar-refractivity contribution in [2.75, 3.05) is 19.6 Å². The quantitative estimate of drug-likeness (QED) is 0.638. The lowest BCUT2D eigenvalue weighted by Gasteiger charge is -2.32. The molecule has 0 saturated carbocycles. The van der Waals surface area contributed by atoms with Crippen LogP contribution in [0.4, 0.5) is 0 Å². The minimum absolute atomic E-state index is 0. The van der Waals surface area contributed by atoms with E-state index in [-0.39, 0.29) is 12.4 Å². The number of aryl methyl sites for hydroxylation is 1. The van der Waals surface area contributed by atoms with E-state index in [2.05, 4.69) is 77.3 Å². The zero-order valence-corrected chi connectivity index (χ0v) is 15.7. The molecule has 0 spiro atoms. The third-order valence-electron chi connectivity index (χ3n) is 5.54. The van der Waals surface area contributed by atoms with Gasteiger partial charge < -0.3 is 9.47 Å². The normalized spacial score (nSPS) is 16.0. The summed E-state index contributed by atoms with van der Waals surface area (Å²) in [5.41, 5.74) is 4.35. The molecule has 2 nitrogen and oxygen atoms in total. The molecule has 2 heterocycles. The number of piperidine rings is 1. The summed E-state index contributed by atoms with van der Waals surface area (Å²) in [6.07, 6.45) is 6.04. The molecule has 0 amide bonds. The van der Waals surface area contributed by atoms with Crippen molar-refractivity contribution in [2.45, 2.75) is 25.2 Å². The lowest BCUT2D eigenvalue weighted by molar-refractivity contribution is 0.215. The Morgan fingerprint density at radius 3 is 2.36 bits per heavy atom. The molecule has 1 saturated heterocycles. The molecule has 0 unspecified atom stereocenters. The molecular weight excluding hydrogens is 328 g/mol. The Bertz CT molecular complexity index is 801. The summed E-state index contributed by atoms with van der Waals surface area (Å²) in [6, 6.07) is 19.8. The number of aromatic nitrogens is 1. The van der Waals surface area contributed by atoms with Crippen LogP contribution >= 0.6 is 12.4 Å². The third-order valence-corrected chi connectivity index (χ3v) is 5.54.